The van der Waals surface area contributed by atoms with Gasteiger partial charge in [0.1, 0.15) is 12.4 Å². The van der Waals surface area contributed by atoms with Crippen LogP contribution in [0.15, 0.2) is 48.0 Å². The number of hydrogen-bond donors (Lipinski definition) is 1. The number of carbonyl (C=O) groups excluding carboxylic acids is 1. The van der Waals surface area contributed by atoms with Gasteiger partial charge in [0.15, 0.2) is 0 Å². The standard InChI is InChI=1S/C28H35N3O2/c1-4-13-31-23-10-11-24(31)15-26(19-5-8-22(9-6-19)30(2)3)21(14-23)18-33-25-12-7-20-17-29-28(32)27(20)16-25/h5-9,12,16,23-24H,4,10-11,13-15,17-18H2,1-3H3,(H,29,32). The second kappa shape index (κ2) is 9.22. The molecular formula is C28H35N3O2. The second-order valence-corrected chi connectivity index (χ2v) is 9.84. The van der Waals surface area contributed by atoms with Crippen molar-refractivity contribution in [1.82, 2.24) is 10.2 Å². The van der Waals surface area contributed by atoms with Gasteiger partial charge in [-0.3, -0.25) is 9.69 Å². The van der Waals surface area contributed by atoms with Gasteiger partial charge in [0.2, 0.25) is 0 Å². The summed E-state index contributed by atoms with van der Waals surface area (Å²) in [6.45, 7) is 4.65. The normalized spacial score (nSPS) is 22.2. The van der Waals surface area contributed by atoms with Crippen molar-refractivity contribution in [2.45, 2.75) is 57.7 Å². The molecule has 174 valence electrons. The molecule has 33 heavy (non-hydrogen) atoms. The number of anilines is 1. The van der Waals surface area contributed by atoms with Crippen LogP contribution in [0.1, 0.15) is 60.5 Å². The summed E-state index contributed by atoms with van der Waals surface area (Å²) >= 11 is 0. The molecule has 2 atom stereocenters. The molecule has 3 heterocycles. The molecule has 0 aliphatic carbocycles. The average molecular weight is 446 g/mol. The van der Waals surface area contributed by atoms with Crippen molar-refractivity contribution in [3.63, 3.8) is 0 Å². The fourth-order valence-corrected chi connectivity index (χ4v) is 5.74. The zero-order valence-corrected chi connectivity index (χ0v) is 20.1. The van der Waals surface area contributed by atoms with Crippen LogP contribution in [0, 0.1) is 0 Å². The van der Waals surface area contributed by atoms with E-state index in [0.717, 1.165) is 29.7 Å². The zero-order valence-electron chi connectivity index (χ0n) is 20.1. The Morgan fingerprint density at radius 2 is 1.82 bits per heavy atom. The zero-order chi connectivity index (χ0) is 22.9. The van der Waals surface area contributed by atoms with E-state index in [2.05, 4.69) is 60.4 Å². The molecule has 5 nitrogen and oxygen atoms in total. The van der Waals surface area contributed by atoms with Crippen molar-refractivity contribution in [3.8, 4) is 5.75 Å². The SMILES string of the molecule is CCCN1C2CCC1CC(c1ccc(N(C)C)cc1)=C(COc1ccc3c(c1)C(=O)NC3)C2. The molecule has 2 aromatic carbocycles. The third kappa shape index (κ3) is 4.39. The average Bonchev–Trinajstić information content (AvgIpc) is 3.32. The maximum atomic E-state index is 12.1. The molecule has 5 heteroatoms. The lowest BCUT2D eigenvalue weighted by Crippen LogP contribution is -2.35. The minimum Gasteiger partial charge on any atom is -0.489 e. The molecule has 1 fully saturated rings. The molecule has 0 saturated carbocycles. The van der Waals surface area contributed by atoms with Gasteiger partial charge < -0.3 is 15.0 Å². The summed E-state index contributed by atoms with van der Waals surface area (Å²) < 4.78 is 6.33. The van der Waals surface area contributed by atoms with E-state index in [9.17, 15) is 4.79 Å². The lowest BCUT2D eigenvalue weighted by atomic mass is 9.89. The summed E-state index contributed by atoms with van der Waals surface area (Å²) in [4.78, 5) is 17.0. The van der Waals surface area contributed by atoms with Crippen molar-refractivity contribution in [2.75, 3.05) is 32.1 Å². The molecule has 3 aliphatic heterocycles. The molecule has 1 amide bonds. The van der Waals surface area contributed by atoms with Crippen molar-refractivity contribution in [1.29, 1.82) is 0 Å². The van der Waals surface area contributed by atoms with Gasteiger partial charge in [-0.1, -0.05) is 25.1 Å². The summed E-state index contributed by atoms with van der Waals surface area (Å²) in [5.74, 6) is 0.777. The van der Waals surface area contributed by atoms with Crippen molar-refractivity contribution in [3.05, 3.63) is 64.7 Å². The predicted octanol–water partition coefficient (Wildman–Crippen LogP) is 4.87. The van der Waals surface area contributed by atoms with Crippen LogP contribution in [0.25, 0.3) is 5.57 Å². The first-order valence-electron chi connectivity index (χ1n) is 12.3. The van der Waals surface area contributed by atoms with Gasteiger partial charge in [0.25, 0.3) is 5.91 Å². The number of ether oxygens (including phenoxy) is 1. The molecule has 2 unspecified atom stereocenters. The number of nitrogens with one attached hydrogen (secondary N) is 1. The maximum absolute atomic E-state index is 12.1. The minimum absolute atomic E-state index is 0.00156. The Balaban J connectivity index is 1.44. The fourth-order valence-electron chi connectivity index (χ4n) is 5.74. The van der Waals surface area contributed by atoms with E-state index >= 15 is 0 Å². The molecule has 3 aliphatic rings. The van der Waals surface area contributed by atoms with Crippen molar-refractivity contribution in [2.24, 2.45) is 0 Å². The third-order valence-electron chi connectivity index (χ3n) is 7.51. The van der Waals surface area contributed by atoms with E-state index < -0.39 is 0 Å². The Bertz CT molecular complexity index is 1060. The lowest BCUT2D eigenvalue weighted by Gasteiger charge is -2.27. The van der Waals surface area contributed by atoms with Crippen LogP contribution in [0.4, 0.5) is 5.69 Å². The van der Waals surface area contributed by atoms with E-state index in [1.807, 2.05) is 18.2 Å². The smallest absolute Gasteiger partial charge is 0.252 e. The van der Waals surface area contributed by atoms with Crippen LogP contribution >= 0.6 is 0 Å². The van der Waals surface area contributed by atoms with Gasteiger partial charge in [-0.05, 0) is 85.2 Å². The van der Waals surface area contributed by atoms with Crippen LogP contribution in [0.2, 0.25) is 0 Å². The molecule has 1 N–H and O–H groups in total. The molecule has 0 radical (unpaired) electrons. The summed E-state index contributed by atoms with van der Waals surface area (Å²) in [7, 11) is 4.16. The van der Waals surface area contributed by atoms with Crippen molar-refractivity contribution >= 4 is 17.2 Å². The number of hydrogen-bond acceptors (Lipinski definition) is 4. The number of carbonyl (C=O) groups is 1. The number of benzene rings is 2. The van der Waals surface area contributed by atoms with Gasteiger partial charge in [-0.15, -0.1) is 0 Å². The summed E-state index contributed by atoms with van der Waals surface area (Å²) in [5, 5.41) is 2.89. The van der Waals surface area contributed by atoms with E-state index in [1.165, 1.54) is 48.2 Å². The monoisotopic (exact) mass is 445 g/mol. The first kappa shape index (κ1) is 22.0. The number of nitrogens with zero attached hydrogens (tertiary/aromatic N) is 2. The van der Waals surface area contributed by atoms with Crippen LogP contribution < -0.4 is 15.0 Å². The first-order valence-corrected chi connectivity index (χ1v) is 12.3. The van der Waals surface area contributed by atoms with Crippen LogP contribution in [0.5, 0.6) is 5.75 Å². The topological polar surface area (TPSA) is 44.8 Å². The number of amides is 1. The van der Waals surface area contributed by atoms with E-state index in [0.29, 0.717) is 25.2 Å². The Morgan fingerprint density at radius 3 is 2.55 bits per heavy atom. The van der Waals surface area contributed by atoms with E-state index in [-0.39, 0.29) is 5.91 Å². The largest absolute Gasteiger partial charge is 0.489 e. The Morgan fingerprint density at radius 1 is 1.06 bits per heavy atom. The minimum atomic E-state index is -0.00156. The van der Waals surface area contributed by atoms with Crippen LogP contribution in [-0.2, 0) is 6.54 Å². The Kier molecular flexibility index (Phi) is 6.15. The molecule has 0 spiro atoms. The first-order chi connectivity index (χ1) is 16.0. The highest BCUT2D eigenvalue weighted by Crippen LogP contribution is 2.41. The predicted molar refractivity (Wildman–Crippen MR) is 134 cm³/mol. The molecule has 1 saturated heterocycles. The Labute approximate surface area is 197 Å². The number of fused-ring (bicyclic) bond motifs is 3. The maximum Gasteiger partial charge on any atom is 0.252 e. The van der Waals surface area contributed by atoms with Crippen molar-refractivity contribution < 1.29 is 9.53 Å². The van der Waals surface area contributed by atoms with Crippen LogP contribution in [-0.4, -0.2) is 50.1 Å². The van der Waals surface area contributed by atoms with E-state index in [4.69, 9.17) is 4.74 Å². The third-order valence-corrected chi connectivity index (χ3v) is 7.51. The van der Waals surface area contributed by atoms with Crippen LogP contribution in [0.3, 0.4) is 0 Å². The van der Waals surface area contributed by atoms with Gasteiger partial charge in [-0.25, -0.2) is 0 Å². The highest BCUT2D eigenvalue weighted by Gasteiger charge is 2.37. The fraction of sp³-hybridized carbons (Fsp3) is 0.464. The van der Waals surface area contributed by atoms with Gasteiger partial charge >= 0.3 is 0 Å². The number of rotatable bonds is 7. The van der Waals surface area contributed by atoms with E-state index in [1.54, 1.807) is 0 Å². The molecule has 2 bridgehead atoms. The quantitative estimate of drug-likeness (QED) is 0.661. The summed E-state index contributed by atoms with van der Waals surface area (Å²) in [6, 6.07) is 16.1. The summed E-state index contributed by atoms with van der Waals surface area (Å²) in [6.07, 6.45) is 5.91. The molecular weight excluding hydrogens is 410 g/mol. The molecule has 2 aromatic rings. The van der Waals surface area contributed by atoms with Gasteiger partial charge in [-0.2, -0.15) is 0 Å². The second-order valence-electron chi connectivity index (χ2n) is 9.84. The lowest BCUT2D eigenvalue weighted by molar-refractivity contribution is 0.0965. The highest BCUT2D eigenvalue weighted by atomic mass is 16.5. The van der Waals surface area contributed by atoms with Gasteiger partial charge in [0, 0.05) is 44.0 Å². The Hall–Kier alpha value is -2.79. The molecule has 5 rings (SSSR count). The molecule has 0 aromatic heterocycles. The summed E-state index contributed by atoms with van der Waals surface area (Å²) in [5.41, 5.74) is 7.19. The highest BCUT2D eigenvalue weighted by molar-refractivity contribution is 5.98. The van der Waals surface area contributed by atoms with Gasteiger partial charge in [0.05, 0.1) is 0 Å².